The first-order valence-electron chi connectivity index (χ1n) is 6.05. The quantitative estimate of drug-likeness (QED) is 0.738. The second-order valence-electron chi connectivity index (χ2n) is 4.27. The van der Waals surface area contributed by atoms with Crippen LogP contribution in [-0.4, -0.2) is 45.2 Å². The van der Waals surface area contributed by atoms with Crippen LogP contribution in [0.2, 0.25) is 0 Å². The van der Waals surface area contributed by atoms with Gasteiger partial charge in [-0.3, -0.25) is 10.2 Å². The number of tetrazole rings is 1. The molecule has 1 aromatic heterocycles. The summed E-state index contributed by atoms with van der Waals surface area (Å²) in [6.45, 7) is 0.218. The van der Waals surface area contributed by atoms with Gasteiger partial charge in [-0.15, -0.1) is 10.2 Å². The largest absolute Gasteiger partial charge is 0.485 e. The Kier molecular flexibility index (Phi) is 4.61. The molecule has 1 N–H and O–H groups in total. The zero-order valence-corrected chi connectivity index (χ0v) is 11.4. The molecule has 0 aliphatic carbocycles. The Morgan fingerprint density at radius 2 is 2.10 bits per heavy atom. The van der Waals surface area contributed by atoms with E-state index in [0.29, 0.717) is 5.82 Å². The van der Waals surface area contributed by atoms with Crippen molar-refractivity contribution < 1.29 is 9.53 Å². The zero-order chi connectivity index (χ0) is 14.4. The van der Waals surface area contributed by atoms with E-state index in [4.69, 9.17) is 4.74 Å². The van der Waals surface area contributed by atoms with Crippen molar-refractivity contribution >= 4 is 5.91 Å². The number of nitrogens with one attached hydrogen (secondary N) is 1. The summed E-state index contributed by atoms with van der Waals surface area (Å²) in [7, 11) is 3.46. The summed E-state index contributed by atoms with van der Waals surface area (Å²) in [5.41, 5.74) is 2.59. The molecule has 0 aliphatic rings. The highest BCUT2D eigenvalue weighted by atomic mass is 16.5. The van der Waals surface area contributed by atoms with Crippen LogP contribution < -0.4 is 10.2 Å². The van der Waals surface area contributed by atoms with Crippen LogP contribution in [0.4, 0.5) is 0 Å². The van der Waals surface area contributed by atoms with Gasteiger partial charge >= 0.3 is 0 Å². The maximum Gasteiger partial charge on any atom is 0.257 e. The van der Waals surface area contributed by atoms with Crippen LogP contribution in [0.5, 0.6) is 5.75 Å². The number of amides is 1. The number of carbonyl (C=O) groups excluding carboxylic acids is 1. The van der Waals surface area contributed by atoms with Crippen molar-refractivity contribution in [3.8, 4) is 5.75 Å². The fourth-order valence-electron chi connectivity index (χ4n) is 1.48. The monoisotopic (exact) mass is 276 g/mol. The number of hydrazine groups is 1. The Hall–Kier alpha value is -2.48. The smallest absolute Gasteiger partial charge is 0.257 e. The van der Waals surface area contributed by atoms with Gasteiger partial charge in [0.1, 0.15) is 12.3 Å². The molecule has 0 atom stereocenters. The predicted molar refractivity (Wildman–Crippen MR) is 70.4 cm³/mol. The minimum absolute atomic E-state index is 0.0104. The van der Waals surface area contributed by atoms with E-state index in [1.165, 1.54) is 4.80 Å². The van der Waals surface area contributed by atoms with Crippen LogP contribution in [0.1, 0.15) is 5.82 Å². The number of nitrogens with zero attached hydrogens (tertiary/aromatic N) is 5. The molecule has 20 heavy (non-hydrogen) atoms. The lowest BCUT2D eigenvalue weighted by Crippen LogP contribution is -2.38. The molecule has 0 saturated carbocycles. The number of hydrogen-bond acceptors (Lipinski definition) is 6. The number of ether oxygens (including phenoxy) is 1. The molecule has 0 unspecified atom stereocenters. The lowest BCUT2D eigenvalue weighted by Gasteiger charge is -2.10. The Bertz CT molecular complexity index is 554. The number of benzene rings is 1. The van der Waals surface area contributed by atoms with Crippen LogP contribution in [0.15, 0.2) is 30.3 Å². The Labute approximate surface area is 116 Å². The molecule has 2 rings (SSSR count). The summed E-state index contributed by atoms with van der Waals surface area (Å²) in [6.07, 6.45) is 0. The SMILES string of the molecule is CN(C)NC(=O)Cn1nnc(COc2ccccc2)n1. The molecule has 0 radical (unpaired) electrons. The molecular formula is C12H16N6O2. The van der Waals surface area contributed by atoms with E-state index in [9.17, 15) is 4.79 Å². The van der Waals surface area contributed by atoms with Gasteiger partial charge in [0.25, 0.3) is 5.91 Å². The summed E-state index contributed by atoms with van der Waals surface area (Å²) >= 11 is 0. The Morgan fingerprint density at radius 1 is 1.35 bits per heavy atom. The third kappa shape index (κ3) is 4.32. The predicted octanol–water partition coefficient (Wildman–Crippen LogP) is -0.155. The maximum atomic E-state index is 11.5. The van der Waals surface area contributed by atoms with Gasteiger partial charge in [0.2, 0.25) is 5.82 Å². The molecule has 1 aromatic carbocycles. The minimum atomic E-state index is -0.220. The van der Waals surface area contributed by atoms with E-state index in [0.717, 1.165) is 5.75 Å². The normalized spacial score (nSPS) is 10.6. The second kappa shape index (κ2) is 6.62. The average molecular weight is 276 g/mol. The number of aromatic nitrogens is 4. The lowest BCUT2D eigenvalue weighted by atomic mass is 10.3. The maximum absolute atomic E-state index is 11.5. The van der Waals surface area contributed by atoms with Crippen molar-refractivity contribution in [1.82, 2.24) is 30.6 Å². The van der Waals surface area contributed by atoms with Crippen LogP contribution in [0.3, 0.4) is 0 Å². The molecular weight excluding hydrogens is 260 g/mol. The summed E-state index contributed by atoms with van der Waals surface area (Å²) in [6, 6.07) is 9.35. The highest BCUT2D eigenvalue weighted by Gasteiger charge is 2.08. The molecule has 0 fully saturated rings. The molecule has 2 aromatic rings. The second-order valence-corrected chi connectivity index (χ2v) is 4.27. The molecule has 0 aliphatic heterocycles. The van der Waals surface area contributed by atoms with Crippen LogP contribution in [-0.2, 0) is 17.9 Å². The molecule has 8 heteroatoms. The summed E-state index contributed by atoms with van der Waals surface area (Å²) in [5.74, 6) is 0.934. The first-order chi connectivity index (χ1) is 9.63. The van der Waals surface area contributed by atoms with Crippen LogP contribution in [0, 0.1) is 0 Å². The lowest BCUT2D eigenvalue weighted by molar-refractivity contribution is -0.125. The van der Waals surface area contributed by atoms with Gasteiger partial charge in [-0.05, 0) is 17.3 Å². The van der Waals surface area contributed by atoms with Gasteiger partial charge < -0.3 is 4.74 Å². The van der Waals surface area contributed by atoms with Gasteiger partial charge in [-0.2, -0.15) is 4.80 Å². The fraction of sp³-hybridized carbons (Fsp3) is 0.333. The van der Waals surface area contributed by atoms with E-state index >= 15 is 0 Å². The van der Waals surface area contributed by atoms with Crippen molar-refractivity contribution in [2.24, 2.45) is 0 Å². The van der Waals surface area contributed by atoms with Crippen molar-refractivity contribution in [1.29, 1.82) is 0 Å². The summed E-state index contributed by atoms with van der Waals surface area (Å²) < 4.78 is 5.49. The first kappa shape index (κ1) is 13.9. The molecule has 0 spiro atoms. The zero-order valence-electron chi connectivity index (χ0n) is 11.4. The van der Waals surface area contributed by atoms with Gasteiger partial charge in [-0.25, -0.2) is 5.01 Å². The molecule has 0 saturated heterocycles. The molecule has 106 valence electrons. The Balaban J connectivity index is 1.84. The van der Waals surface area contributed by atoms with E-state index < -0.39 is 0 Å². The summed E-state index contributed by atoms with van der Waals surface area (Å²) in [4.78, 5) is 12.7. The highest BCUT2D eigenvalue weighted by Crippen LogP contribution is 2.09. The number of carbonyl (C=O) groups is 1. The third-order valence-electron chi connectivity index (χ3n) is 2.24. The number of rotatable bonds is 6. The van der Waals surface area contributed by atoms with Crippen molar-refractivity contribution in [2.75, 3.05) is 14.1 Å². The topological polar surface area (TPSA) is 85.2 Å². The van der Waals surface area contributed by atoms with Crippen molar-refractivity contribution in [3.63, 3.8) is 0 Å². The van der Waals surface area contributed by atoms with E-state index in [1.54, 1.807) is 19.1 Å². The van der Waals surface area contributed by atoms with E-state index in [1.807, 2.05) is 30.3 Å². The van der Waals surface area contributed by atoms with Gasteiger partial charge in [0.15, 0.2) is 6.61 Å². The van der Waals surface area contributed by atoms with Crippen molar-refractivity contribution in [3.05, 3.63) is 36.2 Å². The molecule has 0 bridgehead atoms. The first-order valence-corrected chi connectivity index (χ1v) is 6.05. The number of para-hydroxylation sites is 1. The highest BCUT2D eigenvalue weighted by molar-refractivity contribution is 5.74. The molecule has 1 heterocycles. The van der Waals surface area contributed by atoms with E-state index in [2.05, 4.69) is 20.8 Å². The fourth-order valence-corrected chi connectivity index (χ4v) is 1.48. The molecule has 8 nitrogen and oxygen atoms in total. The average Bonchev–Trinajstić information content (AvgIpc) is 2.84. The van der Waals surface area contributed by atoms with Crippen LogP contribution in [0.25, 0.3) is 0 Å². The van der Waals surface area contributed by atoms with Gasteiger partial charge in [0.05, 0.1) is 0 Å². The van der Waals surface area contributed by atoms with Gasteiger partial charge in [-0.1, -0.05) is 18.2 Å². The van der Waals surface area contributed by atoms with Crippen LogP contribution >= 0.6 is 0 Å². The number of hydrogen-bond donors (Lipinski definition) is 1. The molecule has 1 amide bonds. The summed E-state index contributed by atoms with van der Waals surface area (Å²) in [5, 5.41) is 13.2. The standard InChI is InChI=1S/C12H16N6O2/c1-17(2)15-12(19)8-18-14-11(13-16-18)9-20-10-6-4-3-5-7-10/h3-7H,8-9H2,1-2H3,(H,15,19). The Morgan fingerprint density at radius 3 is 2.80 bits per heavy atom. The van der Waals surface area contributed by atoms with Gasteiger partial charge in [0, 0.05) is 14.1 Å². The van der Waals surface area contributed by atoms with E-state index in [-0.39, 0.29) is 19.1 Å². The third-order valence-corrected chi connectivity index (χ3v) is 2.24. The minimum Gasteiger partial charge on any atom is -0.485 e. The van der Waals surface area contributed by atoms with Crippen molar-refractivity contribution in [2.45, 2.75) is 13.2 Å².